The zero-order valence-corrected chi connectivity index (χ0v) is 15.4. The summed E-state index contributed by atoms with van der Waals surface area (Å²) in [5.74, 6) is 0.477. The lowest BCUT2D eigenvalue weighted by atomic mass is 10.00. The predicted octanol–water partition coefficient (Wildman–Crippen LogP) is 4.65. The smallest absolute Gasteiger partial charge is 0.223 e. The van der Waals surface area contributed by atoms with Gasteiger partial charge in [-0.05, 0) is 54.8 Å². The Bertz CT molecular complexity index is 951. The van der Waals surface area contributed by atoms with Crippen molar-refractivity contribution in [1.29, 1.82) is 0 Å². The van der Waals surface area contributed by atoms with E-state index in [0.717, 1.165) is 22.4 Å². The highest BCUT2D eigenvalue weighted by atomic mass is 35.5. The van der Waals surface area contributed by atoms with Gasteiger partial charge in [0.2, 0.25) is 5.91 Å². The summed E-state index contributed by atoms with van der Waals surface area (Å²) in [7, 11) is 0. The van der Waals surface area contributed by atoms with Gasteiger partial charge < -0.3 is 9.42 Å². The molecule has 0 bridgehead atoms. The highest BCUT2D eigenvalue weighted by Crippen LogP contribution is 2.30. The van der Waals surface area contributed by atoms with Gasteiger partial charge in [-0.15, -0.1) is 0 Å². The standard InChI is InChI=1S/C21H18ClFN2O2/c22-16-6-1-14(2-7-16)3-10-20(26)25-12-11-18-19(13-25)24-27-21(18)15-4-8-17(23)9-5-15/h1-2,4-9H,3,10-13H2. The van der Waals surface area contributed by atoms with E-state index < -0.39 is 0 Å². The summed E-state index contributed by atoms with van der Waals surface area (Å²) >= 11 is 5.89. The lowest BCUT2D eigenvalue weighted by Gasteiger charge is -2.26. The first-order valence-corrected chi connectivity index (χ1v) is 9.23. The van der Waals surface area contributed by atoms with Crippen LogP contribution in [0.5, 0.6) is 0 Å². The van der Waals surface area contributed by atoms with E-state index in [4.69, 9.17) is 16.1 Å². The monoisotopic (exact) mass is 384 g/mol. The van der Waals surface area contributed by atoms with E-state index in [1.807, 2.05) is 29.2 Å². The molecule has 0 saturated carbocycles. The lowest BCUT2D eigenvalue weighted by Crippen LogP contribution is -2.36. The van der Waals surface area contributed by atoms with Gasteiger partial charge in [-0.3, -0.25) is 4.79 Å². The van der Waals surface area contributed by atoms with Crippen LogP contribution in [0, 0.1) is 5.82 Å². The SMILES string of the molecule is O=C(CCc1ccc(Cl)cc1)N1CCc2c(noc2-c2ccc(F)cc2)C1. The van der Waals surface area contributed by atoms with Gasteiger partial charge in [0.05, 0.1) is 6.54 Å². The van der Waals surface area contributed by atoms with Crippen molar-refractivity contribution in [3.8, 4) is 11.3 Å². The van der Waals surface area contributed by atoms with E-state index in [1.54, 1.807) is 12.1 Å². The number of fused-ring (bicyclic) bond motifs is 1. The molecule has 2 aromatic carbocycles. The Labute approximate surface area is 161 Å². The van der Waals surface area contributed by atoms with E-state index in [2.05, 4.69) is 5.16 Å². The minimum Gasteiger partial charge on any atom is -0.356 e. The second-order valence-electron chi connectivity index (χ2n) is 6.64. The Morgan fingerprint density at radius 2 is 1.89 bits per heavy atom. The molecule has 4 rings (SSSR count). The third-order valence-electron chi connectivity index (χ3n) is 4.84. The Hall–Kier alpha value is -2.66. The van der Waals surface area contributed by atoms with Crippen molar-refractivity contribution in [3.05, 3.63) is 76.2 Å². The first-order chi connectivity index (χ1) is 13.1. The second kappa shape index (κ2) is 7.53. The van der Waals surface area contributed by atoms with E-state index >= 15 is 0 Å². The molecule has 2 heterocycles. The molecule has 0 fully saturated rings. The number of hydrogen-bond donors (Lipinski definition) is 0. The summed E-state index contributed by atoms with van der Waals surface area (Å²) in [6.07, 6.45) is 1.80. The fourth-order valence-corrected chi connectivity index (χ4v) is 3.46. The van der Waals surface area contributed by atoms with Crippen LogP contribution >= 0.6 is 11.6 Å². The summed E-state index contributed by atoms with van der Waals surface area (Å²) in [5, 5.41) is 4.83. The molecule has 27 heavy (non-hydrogen) atoms. The molecule has 0 spiro atoms. The first kappa shape index (κ1) is 17.7. The number of aryl methyl sites for hydroxylation is 1. The molecule has 6 heteroatoms. The largest absolute Gasteiger partial charge is 0.356 e. The van der Waals surface area contributed by atoms with Crippen molar-refractivity contribution in [2.45, 2.75) is 25.8 Å². The van der Waals surface area contributed by atoms with Crippen LogP contribution in [0.1, 0.15) is 23.2 Å². The maximum Gasteiger partial charge on any atom is 0.223 e. The van der Waals surface area contributed by atoms with Crippen molar-refractivity contribution >= 4 is 17.5 Å². The number of hydrogen-bond acceptors (Lipinski definition) is 3. The minimum absolute atomic E-state index is 0.0990. The highest BCUT2D eigenvalue weighted by Gasteiger charge is 2.27. The summed E-state index contributed by atoms with van der Waals surface area (Å²) in [6.45, 7) is 1.07. The van der Waals surface area contributed by atoms with Crippen LogP contribution in [0.2, 0.25) is 5.02 Å². The molecular weight excluding hydrogens is 367 g/mol. The van der Waals surface area contributed by atoms with Crippen molar-refractivity contribution < 1.29 is 13.7 Å². The van der Waals surface area contributed by atoms with Gasteiger partial charge in [0.1, 0.15) is 11.5 Å². The molecule has 1 aliphatic heterocycles. The topological polar surface area (TPSA) is 46.3 Å². The van der Waals surface area contributed by atoms with Crippen LogP contribution in [-0.4, -0.2) is 22.5 Å². The second-order valence-corrected chi connectivity index (χ2v) is 7.07. The van der Waals surface area contributed by atoms with E-state index in [9.17, 15) is 9.18 Å². The summed E-state index contributed by atoms with van der Waals surface area (Å²) in [4.78, 5) is 14.4. The molecule has 0 aliphatic carbocycles. The molecule has 1 amide bonds. The fourth-order valence-electron chi connectivity index (χ4n) is 3.33. The van der Waals surface area contributed by atoms with Crippen LogP contribution in [0.4, 0.5) is 4.39 Å². The number of carbonyl (C=O) groups excluding carboxylic acids is 1. The quantitative estimate of drug-likeness (QED) is 0.657. The predicted molar refractivity (Wildman–Crippen MR) is 101 cm³/mol. The summed E-state index contributed by atoms with van der Waals surface area (Å²) in [6, 6.07) is 13.7. The summed E-state index contributed by atoms with van der Waals surface area (Å²) < 4.78 is 18.6. The van der Waals surface area contributed by atoms with Crippen molar-refractivity contribution in [1.82, 2.24) is 10.1 Å². The zero-order chi connectivity index (χ0) is 18.8. The van der Waals surface area contributed by atoms with Gasteiger partial charge in [-0.25, -0.2) is 4.39 Å². The number of benzene rings is 2. The van der Waals surface area contributed by atoms with Crippen LogP contribution in [0.25, 0.3) is 11.3 Å². The first-order valence-electron chi connectivity index (χ1n) is 8.86. The van der Waals surface area contributed by atoms with Crippen molar-refractivity contribution in [3.63, 3.8) is 0 Å². The Kier molecular flexibility index (Phi) is 4.94. The third-order valence-corrected chi connectivity index (χ3v) is 5.09. The van der Waals surface area contributed by atoms with Crippen molar-refractivity contribution in [2.75, 3.05) is 6.54 Å². The molecule has 3 aromatic rings. The number of amides is 1. The Morgan fingerprint density at radius 1 is 1.15 bits per heavy atom. The number of nitrogens with zero attached hydrogens (tertiary/aromatic N) is 2. The van der Waals surface area contributed by atoms with Crippen LogP contribution < -0.4 is 0 Å². The molecule has 1 aromatic heterocycles. The average molecular weight is 385 g/mol. The number of rotatable bonds is 4. The lowest BCUT2D eigenvalue weighted by molar-refractivity contribution is -0.132. The average Bonchev–Trinajstić information content (AvgIpc) is 3.11. The Balaban J connectivity index is 1.42. The third kappa shape index (κ3) is 3.88. The van der Waals surface area contributed by atoms with Gasteiger partial charge >= 0.3 is 0 Å². The normalized spacial score (nSPS) is 13.5. The fraction of sp³-hybridized carbons (Fsp3) is 0.238. The summed E-state index contributed by atoms with van der Waals surface area (Å²) in [5.41, 5.74) is 3.67. The molecular formula is C21H18ClFN2O2. The minimum atomic E-state index is -0.287. The van der Waals surface area contributed by atoms with Gasteiger partial charge in [0.15, 0.2) is 5.76 Å². The zero-order valence-electron chi connectivity index (χ0n) is 14.6. The van der Waals surface area contributed by atoms with Crippen LogP contribution in [0.15, 0.2) is 53.1 Å². The van der Waals surface area contributed by atoms with E-state index in [1.165, 1.54) is 12.1 Å². The van der Waals surface area contributed by atoms with Crippen LogP contribution in [-0.2, 0) is 24.2 Å². The molecule has 0 atom stereocenters. The molecule has 138 valence electrons. The van der Waals surface area contributed by atoms with Gasteiger partial charge in [0, 0.05) is 29.1 Å². The van der Waals surface area contributed by atoms with Crippen LogP contribution in [0.3, 0.4) is 0 Å². The molecule has 4 nitrogen and oxygen atoms in total. The van der Waals surface area contributed by atoms with E-state index in [0.29, 0.717) is 43.1 Å². The van der Waals surface area contributed by atoms with Gasteiger partial charge in [-0.2, -0.15) is 0 Å². The van der Waals surface area contributed by atoms with E-state index in [-0.39, 0.29) is 11.7 Å². The van der Waals surface area contributed by atoms with Gasteiger partial charge in [-0.1, -0.05) is 28.9 Å². The molecule has 0 N–H and O–H groups in total. The molecule has 0 saturated heterocycles. The maximum atomic E-state index is 13.1. The molecule has 0 radical (unpaired) electrons. The maximum absolute atomic E-state index is 13.1. The van der Waals surface area contributed by atoms with Crippen molar-refractivity contribution in [2.24, 2.45) is 0 Å². The number of carbonyl (C=O) groups is 1. The Morgan fingerprint density at radius 3 is 2.63 bits per heavy atom. The van der Waals surface area contributed by atoms with Gasteiger partial charge in [0.25, 0.3) is 0 Å². The number of halogens is 2. The highest BCUT2D eigenvalue weighted by molar-refractivity contribution is 6.30. The molecule has 1 aliphatic rings. The number of aromatic nitrogens is 1. The molecule has 0 unspecified atom stereocenters.